The molecule has 9 heteroatoms. The summed E-state index contributed by atoms with van der Waals surface area (Å²) in [6.07, 6.45) is 8.70. The van der Waals surface area contributed by atoms with Gasteiger partial charge in [-0.2, -0.15) is 0 Å². The van der Waals surface area contributed by atoms with E-state index in [0.717, 1.165) is 49.2 Å². The van der Waals surface area contributed by atoms with Crippen LogP contribution >= 0.6 is 11.3 Å². The number of amides is 1. The van der Waals surface area contributed by atoms with Gasteiger partial charge < -0.3 is 10.2 Å². The first-order chi connectivity index (χ1) is 15.0. The van der Waals surface area contributed by atoms with Crippen molar-refractivity contribution in [3.05, 3.63) is 40.7 Å². The summed E-state index contributed by atoms with van der Waals surface area (Å²) in [6.45, 7) is 6.55. The van der Waals surface area contributed by atoms with Gasteiger partial charge in [-0.25, -0.2) is 13.8 Å². The first-order valence-corrected chi connectivity index (χ1v) is 11.8. The molecule has 31 heavy (non-hydrogen) atoms. The molecule has 2 aromatic rings. The fraction of sp³-hybridized carbons (Fsp3) is 0.591. The zero-order chi connectivity index (χ0) is 21.8. The molecule has 2 aliphatic heterocycles. The van der Waals surface area contributed by atoms with Gasteiger partial charge >= 0.3 is 0 Å². The topological polar surface area (TPSA) is 61.4 Å². The molecule has 4 rings (SSSR count). The molecule has 0 saturated carbocycles. The standard InChI is InChI=1S/C22H29F2N5OS/c1-15-4-2-3-7-29(14-15)17-5-8-28(9-6-17)22-27-13-20(31-22)21(30)26-12-19-18(24)10-16(23)11-25-19/h10-11,13,15,17H,2-9,12,14H2,1H3,(H,26,30). The van der Waals surface area contributed by atoms with Crippen LogP contribution in [0.15, 0.2) is 18.5 Å². The summed E-state index contributed by atoms with van der Waals surface area (Å²) in [5, 5.41) is 3.48. The van der Waals surface area contributed by atoms with Gasteiger partial charge in [0.25, 0.3) is 5.91 Å². The summed E-state index contributed by atoms with van der Waals surface area (Å²) in [6, 6.07) is 1.40. The summed E-state index contributed by atoms with van der Waals surface area (Å²) in [7, 11) is 0. The van der Waals surface area contributed by atoms with Crippen molar-refractivity contribution in [2.45, 2.75) is 51.6 Å². The zero-order valence-electron chi connectivity index (χ0n) is 17.8. The predicted molar refractivity (Wildman–Crippen MR) is 117 cm³/mol. The highest BCUT2D eigenvalue weighted by Crippen LogP contribution is 2.28. The number of piperidine rings is 1. The second-order valence-electron chi connectivity index (χ2n) is 8.59. The molecule has 4 heterocycles. The van der Waals surface area contributed by atoms with Gasteiger partial charge in [-0.15, -0.1) is 0 Å². The predicted octanol–water partition coefficient (Wildman–Crippen LogP) is 3.84. The largest absolute Gasteiger partial charge is 0.348 e. The Morgan fingerprint density at radius 2 is 1.97 bits per heavy atom. The van der Waals surface area contributed by atoms with Crippen LogP contribution in [0.3, 0.4) is 0 Å². The molecule has 2 fully saturated rings. The number of hydrogen-bond donors (Lipinski definition) is 1. The number of rotatable bonds is 5. The maximum absolute atomic E-state index is 13.7. The van der Waals surface area contributed by atoms with Crippen LogP contribution < -0.4 is 10.2 Å². The number of halogens is 2. The molecule has 1 unspecified atom stereocenters. The molecule has 2 aromatic heterocycles. The minimum absolute atomic E-state index is 0.00407. The zero-order valence-corrected chi connectivity index (χ0v) is 18.6. The van der Waals surface area contributed by atoms with Crippen molar-refractivity contribution in [3.63, 3.8) is 0 Å². The molecule has 0 aromatic carbocycles. The number of pyridine rings is 1. The molecule has 0 radical (unpaired) electrons. The van der Waals surface area contributed by atoms with Gasteiger partial charge in [0, 0.05) is 31.7 Å². The third-order valence-electron chi connectivity index (χ3n) is 6.21. The number of hydrogen-bond acceptors (Lipinski definition) is 6. The van der Waals surface area contributed by atoms with E-state index in [4.69, 9.17) is 0 Å². The van der Waals surface area contributed by atoms with Crippen LogP contribution in [-0.4, -0.2) is 53.0 Å². The monoisotopic (exact) mass is 449 g/mol. The summed E-state index contributed by atoms with van der Waals surface area (Å²) in [4.78, 5) is 26.0. The summed E-state index contributed by atoms with van der Waals surface area (Å²) in [5.74, 6) is -1.07. The van der Waals surface area contributed by atoms with Crippen molar-refractivity contribution in [1.82, 2.24) is 20.2 Å². The smallest absolute Gasteiger partial charge is 0.263 e. The molecule has 1 N–H and O–H groups in total. The van der Waals surface area contributed by atoms with Crippen LogP contribution in [0, 0.1) is 17.6 Å². The Morgan fingerprint density at radius 3 is 2.74 bits per heavy atom. The lowest BCUT2D eigenvalue weighted by Crippen LogP contribution is -2.46. The van der Waals surface area contributed by atoms with Crippen LogP contribution in [0.1, 0.15) is 54.4 Å². The van der Waals surface area contributed by atoms with Gasteiger partial charge in [-0.05, 0) is 38.1 Å². The van der Waals surface area contributed by atoms with Gasteiger partial charge in [-0.1, -0.05) is 24.7 Å². The quantitative estimate of drug-likeness (QED) is 0.752. The molecule has 0 aliphatic carbocycles. The lowest BCUT2D eigenvalue weighted by molar-refractivity contribution is 0.0954. The van der Waals surface area contributed by atoms with Crippen molar-refractivity contribution in [1.29, 1.82) is 0 Å². The maximum Gasteiger partial charge on any atom is 0.263 e. The van der Waals surface area contributed by atoms with Crippen LogP contribution in [0.2, 0.25) is 0 Å². The Morgan fingerprint density at radius 1 is 1.16 bits per heavy atom. The van der Waals surface area contributed by atoms with Crippen molar-refractivity contribution in [3.8, 4) is 0 Å². The van der Waals surface area contributed by atoms with Crippen LogP contribution in [0.25, 0.3) is 0 Å². The minimum atomic E-state index is -0.771. The molecule has 1 atom stereocenters. The Bertz CT molecular complexity index is 900. The van der Waals surface area contributed by atoms with Gasteiger partial charge in [0.05, 0.1) is 24.6 Å². The lowest BCUT2D eigenvalue weighted by atomic mass is 10.0. The average Bonchev–Trinajstić information content (AvgIpc) is 3.16. The van der Waals surface area contributed by atoms with Crippen molar-refractivity contribution in [2.24, 2.45) is 5.92 Å². The second kappa shape index (κ2) is 9.99. The highest BCUT2D eigenvalue weighted by atomic mass is 32.1. The molecule has 6 nitrogen and oxygen atoms in total. The summed E-state index contributed by atoms with van der Waals surface area (Å²) < 4.78 is 26.6. The molecule has 0 spiro atoms. The van der Waals surface area contributed by atoms with Crippen molar-refractivity contribution < 1.29 is 13.6 Å². The minimum Gasteiger partial charge on any atom is -0.348 e. The van der Waals surface area contributed by atoms with Crippen LogP contribution in [0.5, 0.6) is 0 Å². The van der Waals surface area contributed by atoms with E-state index in [1.54, 1.807) is 6.20 Å². The Kier molecular flexibility index (Phi) is 7.12. The number of carbonyl (C=O) groups is 1. The summed E-state index contributed by atoms with van der Waals surface area (Å²) >= 11 is 1.34. The molecule has 1 amide bonds. The number of thiazole rings is 1. The maximum atomic E-state index is 13.7. The molecular weight excluding hydrogens is 420 g/mol. The number of nitrogens with zero attached hydrogens (tertiary/aromatic N) is 4. The number of aromatic nitrogens is 2. The van der Waals surface area contributed by atoms with E-state index in [-0.39, 0.29) is 18.1 Å². The van der Waals surface area contributed by atoms with Gasteiger partial charge in [0.2, 0.25) is 0 Å². The van der Waals surface area contributed by atoms with Crippen molar-refractivity contribution >= 4 is 22.4 Å². The summed E-state index contributed by atoms with van der Waals surface area (Å²) in [5.41, 5.74) is 0.00407. The molecule has 0 bridgehead atoms. The Balaban J connectivity index is 1.29. The highest BCUT2D eigenvalue weighted by molar-refractivity contribution is 7.17. The average molecular weight is 450 g/mol. The SMILES string of the molecule is CC1CCCCN(C2CCN(c3ncc(C(=O)NCc4ncc(F)cc4F)s3)CC2)C1. The normalized spacial score (nSPS) is 21.1. The molecular formula is C22H29F2N5OS. The van der Waals surface area contributed by atoms with Gasteiger partial charge in [-0.3, -0.25) is 14.7 Å². The number of likely N-dealkylation sites (tertiary alicyclic amines) is 1. The van der Waals surface area contributed by atoms with E-state index < -0.39 is 11.6 Å². The van der Waals surface area contributed by atoms with E-state index in [9.17, 15) is 13.6 Å². The van der Waals surface area contributed by atoms with Crippen molar-refractivity contribution in [2.75, 3.05) is 31.1 Å². The number of carbonyl (C=O) groups excluding carboxylic acids is 1. The highest BCUT2D eigenvalue weighted by Gasteiger charge is 2.28. The molecule has 2 saturated heterocycles. The third-order valence-corrected chi connectivity index (χ3v) is 7.26. The molecule has 168 valence electrons. The van der Waals surface area contributed by atoms with Crippen LogP contribution in [-0.2, 0) is 6.54 Å². The Hall–Kier alpha value is -2.13. The van der Waals surface area contributed by atoms with E-state index >= 15 is 0 Å². The van der Waals surface area contributed by atoms with E-state index in [1.807, 2.05) is 0 Å². The number of anilines is 1. The van der Waals surface area contributed by atoms with Gasteiger partial charge in [0.15, 0.2) is 5.13 Å². The molecule has 2 aliphatic rings. The fourth-order valence-corrected chi connectivity index (χ4v) is 5.37. The first kappa shape index (κ1) is 22.1. The fourth-order valence-electron chi connectivity index (χ4n) is 4.48. The lowest BCUT2D eigenvalue weighted by Gasteiger charge is -2.38. The Labute approximate surface area is 185 Å². The number of nitrogens with one attached hydrogen (secondary N) is 1. The van der Waals surface area contributed by atoms with E-state index in [2.05, 4.69) is 32.0 Å². The van der Waals surface area contributed by atoms with Gasteiger partial charge in [0.1, 0.15) is 16.5 Å². The second-order valence-corrected chi connectivity index (χ2v) is 9.60. The van der Waals surface area contributed by atoms with Crippen LogP contribution in [0.4, 0.5) is 13.9 Å². The first-order valence-electron chi connectivity index (χ1n) is 11.0. The van der Waals surface area contributed by atoms with E-state index in [1.165, 1.54) is 43.7 Å². The third kappa shape index (κ3) is 5.57. The van der Waals surface area contributed by atoms with E-state index in [0.29, 0.717) is 10.9 Å².